The van der Waals surface area contributed by atoms with Gasteiger partial charge in [0.1, 0.15) is 5.82 Å². The highest BCUT2D eigenvalue weighted by molar-refractivity contribution is 7.92. The molecule has 1 aromatic heterocycles. The Morgan fingerprint density at radius 1 is 1.39 bits per heavy atom. The van der Waals surface area contributed by atoms with E-state index in [1.54, 1.807) is 0 Å². The van der Waals surface area contributed by atoms with Crippen LogP contribution in [0.4, 0.5) is 10.1 Å². The Bertz CT molecular complexity index is 766. The van der Waals surface area contributed by atoms with E-state index in [0.29, 0.717) is 12.2 Å². The van der Waals surface area contributed by atoms with Crippen molar-refractivity contribution < 1.29 is 17.3 Å². The molecule has 10 heteroatoms. The van der Waals surface area contributed by atoms with Gasteiger partial charge in [-0.3, -0.25) is 4.72 Å². The molecule has 23 heavy (non-hydrogen) atoms. The Kier molecular flexibility index (Phi) is 6.48. The number of nitrogens with one attached hydrogen (secondary N) is 2. The third kappa shape index (κ3) is 5.45. The standard InChI is InChI=1S/C13H17FN4O3S.ClH/c1-8(15-2)6-12-16-13(21-17-12)10-7-9(14)4-5-11(10)18-22(3,19)20;/h4-5,7-8,15,18H,6H2,1-3H3;1H. The molecule has 0 saturated carbocycles. The molecule has 1 heterocycles. The minimum absolute atomic E-state index is 0. The number of sulfonamides is 1. The van der Waals surface area contributed by atoms with E-state index < -0.39 is 15.8 Å². The molecule has 2 N–H and O–H groups in total. The highest BCUT2D eigenvalue weighted by Crippen LogP contribution is 2.28. The maximum Gasteiger partial charge on any atom is 0.260 e. The molecule has 7 nitrogen and oxygen atoms in total. The van der Waals surface area contributed by atoms with E-state index >= 15 is 0 Å². The molecule has 2 rings (SSSR count). The summed E-state index contributed by atoms with van der Waals surface area (Å²) < 4.78 is 43.6. The lowest BCUT2D eigenvalue weighted by atomic mass is 10.1. The Morgan fingerprint density at radius 3 is 2.70 bits per heavy atom. The number of nitrogens with zero attached hydrogens (tertiary/aromatic N) is 2. The summed E-state index contributed by atoms with van der Waals surface area (Å²) in [6.07, 6.45) is 1.54. The van der Waals surface area contributed by atoms with Gasteiger partial charge >= 0.3 is 0 Å². The van der Waals surface area contributed by atoms with Crippen molar-refractivity contribution in [3.05, 3.63) is 29.8 Å². The number of halogens is 2. The zero-order valence-electron chi connectivity index (χ0n) is 12.8. The van der Waals surface area contributed by atoms with Gasteiger partial charge in [-0.05, 0) is 32.2 Å². The third-order valence-electron chi connectivity index (χ3n) is 2.96. The quantitative estimate of drug-likeness (QED) is 0.811. The lowest BCUT2D eigenvalue weighted by Gasteiger charge is -2.07. The summed E-state index contributed by atoms with van der Waals surface area (Å²) in [4.78, 5) is 4.18. The first-order valence-electron chi connectivity index (χ1n) is 6.56. The van der Waals surface area contributed by atoms with Crippen molar-refractivity contribution >= 4 is 28.1 Å². The number of aromatic nitrogens is 2. The maximum absolute atomic E-state index is 13.5. The molecule has 1 aromatic carbocycles. The second kappa shape index (κ2) is 7.71. The number of benzene rings is 1. The fraction of sp³-hybridized carbons (Fsp3) is 0.385. The minimum Gasteiger partial charge on any atom is -0.334 e. The average molecular weight is 365 g/mol. The number of likely N-dealkylation sites (N-methyl/N-ethyl adjacent to an activating group) is 1. The summed E-state index contributed by atoms with van der Waals surface area (Å²) in [5.74, 6) is -0.0206. The molecule has 0 spiro atoms. The van der Waals surface area contributed by atoms with Crippen LogP contribution in [-0.2, 0) is 16.4 Å². The lowest BCUT2D eigenvalue weighted by Crippen LogP contribution is -2.24. The Hall–Kier alpha value is -1.71. The van der Waals surface area contributed by atoms with Crippen LogP contribution in [0.1, 0.15) is 12.7 Å². The van der Waals surface area contributed by atoms with Gasteiger partial charge in [0, 0.05) is 12.5 Å². The minimum atomic E-state index is -3.51. The van der Waals surface area contributed by atoms with Crippen molar-refractivity contribution in [3.63, 3.8) is 0 Å². The molecule has 0 radical (unpaired) electrons. The summed E-state index contributed by atoms with van der Waals surface area (Å²) >= 11 is 0. The first-order chi connectivity index (χ1) is 10.3. The highest BCUT2D eigenvalue weighted by Gasteiger charge is 2.17. The first-order valence-corrected chi connectivity index (χ1v) is 8.45. The van der Waals surface area contributed by atoms with E-state index in [1.807, 2.05) is 14.0 Å². The molecule has 0 bridgehead atoms. The maximum atomic E-state index is 13.5. The second-order valence-electron chi connectivity index (χ2n) is 4.97. The van der Waals surface area contributed by atoms with Crippen LogP contribution in [0.15, 0.2) is 22.7 Å². The SMILES string of the molecule is CNC(C)Cc1noc(-c2cc(F)ccc2NS(C)(=O)=O)n1.Cl. The fourth-order valence-electron chi connectivity index (χ4n) is 1.80. The molecule has 0 amide bonds. The molecular formula is C13H18ClFN4O3S. The van der Waals surface area contributed by atoms with Gasteiger partial charge in [0.05, 0.1) is 17.5 Å². The van der Waals surface area contributed by atoms with Crippen molar-refractivity contribution in [1.29, 1.82) is 0 Å². The fourth-order valence-corrected chi connectivity index (χ4v) is 2.38. The Labute approximate surface area is 140 Å². The number of hydrogen-bond donors (Lipinski definition) is 2. The van der Waals surface area contributed by atoms with E-state index in [1.165, 1.54) is 6.07 Å². The molecule has 2 aromatic rings. The van der Waals surface area contributed by atoms with Crippen LogP contribution in [0, 0.1) is 5.82 Å². The summed E-state index contributed by atoms with van der Waals surface area (Å²) in [6.45, 7) is 1.95. The van der Waals surface area contributed by atoms with E-state index in [4.69, 9.17) is 4.52 Å². The summed E-state index contributed by atoms with van der Waals surface area (Å²) in [6, 6.07) is 3.75. The van der Waals surface area contributed by atoms with Crippen LogP contribution in [0.3, 0.4) is 0 Å². The lowest BCUT2D eigenvalue weighted by molar-refractivity contribution is 0.418. The average Bonchev–Trinajstić information content (AvgIpc) is 2.87. The van der Waals surface area contributed by atoms with Crippen LogP contribution < -0.4 is 10.0 Å². The molecule has 1 unspecified atom stereocenters. The van der Waals surface area contributed by atoms with Crippen LogP contribution >= 0.6 is 12.4 Å². The third-order valence-corrected chi connectivity index (χ3v) is 3.55. The van der Waals surface area contributed by atoms with E-state index in [9.17, 15) is 12.8 Å². The van der Waals surface area contributed by atoms with Gasteiger partial charge in [0.15, 0.2) is 5.82 Å². The summed E-state index contributed by atoms with van der Waals surface area (Å²) in [5.41, 5.74) is 0.377. The molecule has 0 aliphatic rings. The number of rotatable bonds is 6. The molecule has 1 atom stereocenters. The largest absolute Gasteiger partial charge is 0.334 e. The number of anilines is 1. The summed E-state index contributed by atoms with van der Waals surface area (Å²) in [7, 11) is -1.70. The van der Waals surface area contributed by atoms with Crippen LogP contribution in [-0.4, -0.2) is 37.9 Å². The van der Waals surface area contributed by atoms with Gasteiger partial charge in [0.2, 0.25) is 10.0 Å². The van der Waals surface area contributed by atoms with Gasteiger partial charge < -0.3 is 9.84 Å². The molecule has 0 aliphatic carbocycles. The van der Waals surface area contributed by atoms with Gasteiger partial charge in [-0.15, -0.1) is 12.4 Å². The predicted molar refractivity (Wildman–Crippen MR) is 87.6 cm³/mol. The van der Waals surface area contributed by atoms with E-state index in [-0.39, 0.29) is 35.6 Å². The Morgan fingerprint density at radius 2 is 2.09 bits per heavy atom. The van der Waals surface area contributed by atoms with Crippen LogP contribution in [0.25, 0.3) is 11.5 Å². The van der Waals surface area contributed by atoms with Crippen molar-refractivity contribution in [2.45, 2.75) is 19.4 Å². The highest BCUT2D eigenvalue weighted by atomic mass is 35.5. The molecule has 128 valence electrons. The molecular weight excluding hydrogens is 347 g/mol. The Balaban J connectivity index is 0.00000264. The smallest absolute Gasteiger partial charge is 0.260 e. The molecule has 0 aliphatic heterocycles. The van der Waals surface area contributed by atoms with Gasteiger partial charge in [0.25, 0.3) is 5.89 Å². The van der Waals surface area contributed by atoms with E-state index in [0.717, 1.165) is 18.4 Å². The van der Waals surface area contributed by atoms with Crippen molar-refractivity contribution in [2.24, 2.45) is 0 Å². The molecule has 0 fully saturated rings. The normalized spacial score (nSPS) is 12.5. The monoisotopic (exact) mass is 364 g/mol. The van der Waals surface area contributed by atoms with E-state index in [2.05, 4.69) is 20.2 Å². The first kappa shape index (κ1) is 19.3. The van der Waals surface area contributed by atoms with Crippen LogP contribution in [0.5, 0.6) is 0 Å². The number of hydrogen-bond acceptors (Lipinski definition) is 6. The van der Waals surface area contributed by atoms with Gasteiger partial charge in [-0.25, -0.2) is 12.8 Å². The van der Waals surface area contributed by atoms with Crippen molar-refractivity contribution in [2.75, 3.05) is 18.0 Å². The van der Waals surface area contributed by atoms with Gasteiger partial charge in [-0.2, -0.15) is 4.98 Å². The van der Waals surface area contributed by atoms with Gasteiger partial charge in [-0.1, -0.05) is 5.16 Å². The zero-order valence-corrected chi connectivity index (χ0v) is 14.5. The van der Waals surface area contributed by atoms with Crippen molar-refractivity contribution in [1.82, 2.24) is 15.5 Å². The second-order valence-corrected chi connectivity index (χ2v) is 6.72. The topological polar surface area (TPSA) is 97.1 Å². The predicted octanol–water partition coefficient (Wildman–Crippen LogP) is 1.82. The van der Waals surface area contributed by atoms with Crippen LogP contribution in [0.2, 0.25) is 0 Å². The zero-order chi connectivity index (χ0) is 16.3. The van der Waals surface area contributed by atoms with Crippen molar-refractivity contribution in [3.8, 4) is 11.5 Å². The summed E-state index contributed by atoms with van der Waals surface area (Å²) in [5, 5.41) is 6.86. The molecule has 0 saturated heterocycles.